The molecule has 1 aliphatic rings. The van der Waals surface area contributed by atoms with Crippen molar-refractivity contribution in [3.05, 3.63) is 41.7 Å². The van der Waals surface area contributed by atoms with Gasteiger partial charge in [-0.05, 0) is 43.5 Å². The van der Waals surface area contributed by atoms with E-state index in [2.05, 4.69) is 0 Å². The fourth-order valence-electron chi connectivity index (χ4n) is 2.48. The highest BCUT2D eigenvalue weighted by atomic mass is 19.1. The first-order chi connectivity index (χ1) is 9.97. The SMILES string of the molecule is C[C@@H]1CC[C@H](C(N)=O)CN1C(=O)/C=C/c1ccc(F)cc1. The van der Waals surface area contributed by atoms with Gasteiger partial charge < -0.3 is 10.6 Å². The van der Waals surface area contributed by atoms with Gasteiger partial charge >= 0.3 is 0 Å². The van der Waals surface area contributed by atoms with Crippen molar-refractivity contribution in [1.29, 1.82) is 0 Å². The van der Waals surface area contributed by atoms with E-state index < -0.39 is 0 Å². The van der Waals surface area contributed by atoms with Crippen molar-refractivity contribution in [3.8, 4) is 0 Å². The number of piperidine rings is 1. The van der Waals surface area contributed by atoms with Crippen LogP contribution in [0.25, 0.3) is 6.08 Å². The molecule has 0 saturated carbocycles. The lowest BCUT2D eigenvalue weighted by Gasteiger charge is -2.36. The number of carbonyl (C=O) groups is 2. The summed E-state index contributed by atoms with van der Waals surface area (Å²) in [7, 11) is 0. The number of hydrogen-bond acceptors (Lipinski definition) is 2. The molecule has 0 spiro atoms. The molecule has 2 atom stereocenters. The number of rotatable bonds is 3. The van der Waals surface area contributed by atoms with E-state index in [-0.39, 0.29) is 29.6 Å². The van der Waals surface area contributed by atoms with Gasteiger partial charge in [0, 0.05) is 18.7 Å². The minimum atomic E-state index is -0.359. The predicted octanol–water partition coefficient (Wildman–Crippen LogP) is 1.95. The number of benzene rings is 1. The van der Waals surface area contributed by atoms with E-state index in [4.69, 9.17) is 5.73 Å². The van der Waals surface area contributed by atoms with Gasteiger partial charge in [0.2, 0.25) is 11.8 Å². The van der Waals surface area contributed by atoms with Gasteiger partial charge in [-0.3, -0.25) is 9.59 Å². The highest BCUT2D eigenvalue weighted by molar-refractivity contribution is 5.92. The molecule has 21 heavy (non-hydrogen) atoms. The molecular formula is C16H19FN2O2. The average Bonchev–Trinajstić information content (AvgIpc) is 2.46. The predicted molar refractivity (Wildman–Crippen MR) is 78.5 cm³/mol. The van der Waals surface area contributed by atoms with Crippen LogP contribution in [0.2, 0.25) is 0 Å². The highest BCUT2D eigenvalue weighted by Gasteiger charge is 2.30. The lowest BCUT2D eigenvalue weighted by Crippen LogP contribution is -2.48. The van der Waals surface area contributed by atoms with Gasteiger partial charge in [-0.15, -0.1) is 0 Å². The molecule has 1 fully saturated rings. The van der Waals surface area contributed by atoms with Gasteiger partial charge in [0.05, 0.1) is 5.92 Å². The largest absolute Gasteiger partial charge is 0.369 e. The third kappa shape index (κ3) is 3.90. The minimum absolute atomic E-state index is 0.0889. The molecule has 1 aromatic rings. The van der Waals surface area contributed by atoms with Crippen LogP contribution in [0, 0.1) is 11.7 Å². The molecule has 0 radical (unpaired) electrons. The van der Waals surface area contributed by atoms with Crippen molar-refractivity contribution < 1.29 is 14.0 Å². The second-order valence-corrected chi connectivity index (χ2v) is 5.40. The Morgan fingerprint density at radius 1 is 1.29 bits per heavy atom. The zero-order chi connectivity index (χ0) is 15.4. The summed E-state index contributed by atoms with van der Waals surface area (Å²) in [5.74, 6) is -1.10. The fraction of sp³-hybridized carbons (Fsp3) is 0.375. The summed E-state index contributed by atoms with van der Waals surface area (Å²) in [6.07, 6.45) is 4.58. The van der Waals surface area contributed by atoms with Crippen LogP contribution in [0.3, 0.4) is 0 Å². The van der Waals surface area contributed by atoms with Crippen LogP contribution in [-0.2, 0) is 9.59 Å². The molecular weight excluding hydrogens is 271 g/mol. The Kier molecular flexibility index (Phi) is 4.73. The smallest absolute Gasteiger partial charge is 0.246 e. The van der Waals surface area contributed by atoms with Gasteiger partial charge in [-0.25, -0.2) is 4.39 Å². The van der Waals surface area contributed by atoms with Crippen molar-refractivity contribution >= 4 is 17.9 Å². The monoisotopic (exact) mass is 290 g/mol. The molecule has 112 valence electrons. The zero-order valence-electron chi connectivity index (χ0n) is 12.0. The van der Waals surface area contributed by atoms with Crippen LogP contribution in [-0.4, -0.2) is 29.3 Å². The van der Waals surface area contributed by atoms with Crippen LogP contribution in [0.1, 0.15) is 25.3 Å². The number of carbonyl (C=O) groups excluding carboxylic acids is 2. The number of nitrogens with two attached hydrogens (primary N) is 1. The summed E-state index contributed by atoms with van der Waals surface area (Å²) in [4.78, 5) is 25.2. The van der Waals surface area contributed by atoms with Crippen LogP contribution in [0.5, 0.6) is 0 Å². The van der Waals surface area contributed by atoms with Gasteiger partial charge in [0.1, 0.15) is 5.82 Å². The summed E-state index contributed by atoms with van der Waals surface area (Å²) in [5.41, 5.74) is 6.07. The number of likely N-dealkylation sites (tertiary alicyclic amines) is 1. The lowest BCUT2D eigenvalue weighted by molar-refractivity contribution is -0.133. The Balaban J connectivity index is 2.04. The number of hydrogen-bond donors (Lipinski definition) is 1. The molecule has 0 aromatic heterocycles. The van der Waals surface area contributed by atoms with Gasteiger partial charge in [-0.1, -0.05) is 12.1 Å². The van der Waals surface area contributed by atoms with E-state index in [1.54, 1.807) is 23.1 Å². The topological polar surface area (TPSA) is 63.4 Å². The molecule has 0 bridgehead atoms. The van der Waals surface area contributed by atoms with Crippen LogP contribution in [0.15, 0.2) is 30.3 Å². The summed E-state index contributed by atoms with van der Waals surface area (Å²) < 4.78 is 12.8. The Morgan fingerprint density at radius 2 is 1.95 bits per heavy atom. The van der Waals surface area contributed by atoms with Gasteiger partial charge in [0.15, 0.2) is 0 Å². The van der Waals surface area contributed by atoms with Crippen molar-refractivity contribution in [2.24, 2.45) is 11.7 Å². The number of amides is 2. The van der Waals surface area contributed by atoms with Crippen molar-refractivity contribution in [1.82, 2.24) is 4.90 Å². The fourth-order valence-corrected chi connectivity index (χ4v) is 2.48. The van der Waals surface area contributed by atoms with Crippen LogP contribution in [0.4, 0.5) is 4.39 Å². The maximum absolute atomic E-state index is 12.8. The Bertz CT molecular complexity index is 554. The first-order valence-corrected chi connectivity index (χ1v) is 7.01. The third-order valence-corrected chi connectivity index (χ3v) is 3.86. The second kappa shape index (κ2) is 6.52. The number of nitrogens with zero attached hydrogens (tertiary/aromatic N) is 1. The average molecular weight is 290 g/mol. The Hall–Kier alpha value is -2.17. The van der Waals surface area contributed by atoms with Crippen LogP contribution < -0.4 is 5.73 Å². The van der Waals surface area contributed by atoms with Gasteiger partial charge in [-0.2, -0.15) is 0 Å². The second-order valence-electron chi connectivity index (χ2n) is 5.40. The third-order valence-electron chi connectivity index (χ3n) is 3.86. The van der Waals surface area contributed by atoms with Crippen molar-refractivity contribution in [3.63, 3.8) is 0 Å². The quantitative estimate of drug-likeness (QED) is 0.865. The van der Waals surface area contributed by atoms with Gasteiger partial charge in [0.25, 0.3) is 0 Å². The Morgan fingerprint density at radius 3 is 2.57 bits per heavy atom. The van der Waals surface area contributed by atoms with E-state index in [9.17, 15) is 14.0 Å². The Labute approximate surface area is 123 Å². The van der Waals surface area contributed by atoms with E-state index in [0.717, 1.165) is 18.4 Å². The summed E-state index contributed by atoms with van der Waals surface area (Å²) in [6.45, 7) is 2.32. The molecule has 1 heterocycles. The van der Waals surface area contributed by atoms with Crippen LogP contribution >= 0.6 is 0 Å². The lowest BCUT2D eigenvalue weighted by atomic mass is 9.93. The van der Waals surface area contributed by atoms with Crippen molar-refractivity contribution in [2.75, 3.05) is 6.54 Å². The molecule has 1 aromatic carbocycles. The molecule has 2 amide bonds. The summed E-state index contributed by atoms with van der Waals surface area (Å²) >= 11 is 0. The van der Waals surface area contributed by atoms with E-state index >= 15 is 0 Å². The molecule has 0 unspecified atom stereocenters. The maximum atomic E-state index is 12.8. The standard InChI is InChI=1S/C16H19FN2O2/c1-11-2-6-13(16(18)21)10-19(11)15(20)9-5-12-3-7-14(17)8-4-12/h3-5,7-9,11,13H,2,6,10H2,1H3,(H2,18,21)/b9-5+/t11-,13+/m1/s1. The minimum Gasteiger partial charge on any atom is -0.369 e. The maximum Gasteiger partial charge on any atom is 0.246 e. The highest BCUT2D eigenvalue weighted by Crippen LogP contribution is 2.22. The van der Waals surface area contributed by atoms with Crippen molar-refractivity contribution in [2.45, 2.75) is 25.8 Å². The van der Waals surface area contributed by atoms with E-state index in [1.807, 2.05) is 6.92 Å². The molecule has 1 aliphatic heterocycles. The number of primary amides is 1. The van der Waals surface area contributed by atoms with E-state index in [1.165, 1.54) is 18.2 Å². The summed E-state index contributed by atoms with van der Waals surface area (Å²) in [5, 5.41) is 0. The number of halogens is 1. The first-order valence-electron chi connectivity index (χ1n) is 7.01. The first kappa shape index (κ1) is 15.2. The molecule has 5 heteroatoms. The summed E-state index contributed by atoms with van der Waals surface area (Å²) in [6, 6.07) is 5.98. The molecule has 2 N–H and O–H groups in total. The normalized spacial score (nSPS) is 22.5. The molecule has 2 rings (SSSR count). The van der Waals surface area contributed by atoms with E-state index in [0.29, 0.717) is 6.54 Å². The molecule has 0 aliphatic carbocycles. The molecule has 1 saturated heterocycles. The molecule has 4 nitrogen and oxygen atoms in total. The zero-order valence-corrected chi connectivity index (χ0v) is 12.0.